The molecule has 0 fully saturated rings. The monoisotopic (exact) mass is 465 g/mol. The standard InChI is InChI=1S/C21H15ClF3N3O4/c22-12-7-5-11(6-8-12)18-17-15(10-32-19(17)30)28(20(31)27-18)9-16(29)26-14-4-2-1-3-13(14)21(23,24)25/h1-8,18H,9-10H2,(H,26,29)(H,27,31)/t18-/m0/s1. The van der Waals surface area contributed by atoms with Crippen molar-refractivity contribution in [3.05, 3.63) is 76.0 Å². The van der Waals surface area contributed by atoms with Gasteiger partial charge >= 0.3 is 18.2 Å². The van der Waals surface area contributed by atoms with E-state index in [9.17, 15) is 27.6 Å². The van der Waals surface area contributed by atoms with E-state index in [0.29, 0.717) is 10.6 Å². The van der Waals surface area contributed by atoms with Crippen LogP contribution in [-0.2, 0) is 20.5 Å². The molecule has 0 saturated heterocycles. The molecule has 0 saturated carbocycles. The molecular formula is C21H15ClF3N3O4. The highest BCUT2D eigenvalue weighted by Crippen LogP contribution is 2.36. The van der Waals surface area contributed by atoms with E-state index in [1.165, 1.54) is 12.1 Å². The van der Waals surface area contributed by atoms with E-state index in [1.54, 1.807) is 24.3 Å². The summed E-state index contributed by atoms with van der Waals surface area (Å²) in [4.78, 5) is 38.6. The highest BCUT2D eigenvalue weighted by Gasteiger charge is 2.43. The zero-order valence-electron chi connectivity index (χ0n) is 16.2. The molecule has 0 unspecified atom stereocenters. The molecule has 2 N–H and O–H groups in total. The van der Waals surface area contributed by atoms with Crippen LogP contribution in [0.4, 0.5) is 23.7 Å². The van der Waals surface area contributed by atoms with Crippen LogP contribution in [0.2, 0.25) is 5.02 Å². The van der Waals surface area contributed by atoms with Crippen molar-refractivity contribution in [3.63, 3.8) is 0 Å². The normalized spacial score (nSPS) is 18.2. The number of alkyl halides is 3. The molecule has 0 aromatic heterocycles. The summed E-state index contributed by atoms with van der Waals surface area (Å²) in [5.41, 5.74) is -0.543. The van der Waals surface area contributed by atoms with Gasteiger partial charge < -0.3 is 15.4 Å². The van der Waals surface area contributed by atoms with Gasteiger partial charge in [0.2, 0.25) is 5.91 Å². The van der Waals surface area contributed by atoms with E-state index in [1.807, 2.05) is 0 Å². The lowest BCUT2D eigenvalue weighted by molar-refractivity contribution is -0.137. The first kappa shape index (κ1) is 21.7. The Morgan fingerprint density at radius 1 is 1.16 bits per heavy atom. The van der Waals surface area contributed by atoms with Crippen LogP contribution >= 0.6 is 11.6 Å². The molecule has 2 aliphatic heterocycles. The number of benzene rings is 2. The lowest BCUT2D eigenvalue weighted by Crippen LogP contribution is -2.49. The van der Waals surface area contributed by atoms with Gasteiger partial charge in [-0.15, -0.1) is 0 Å². The fourth-order valence-corrected chi connectivity index (χ4v) is 3.68. The van der Waals surface area contributed by atoms with Crippen molar-refractivity contribution < 1.29 is 32.3 Å². The van der Waals surface area contributed by atoms with Gasteiger partial charge in [-0.3, -0.25) is 9.69 Å². The van der Waals surface area contributed by atoms with Gasteiger partial charge in [0.25, 0.3) is 0 Å². The molecule has 0 aliphatic carbocycles. The minimum atomic E-state index is -4.67. The summed E-state index contributed by atoms with van der Waals surface area (Å²) in [6, 6.07) is 9.47. The number of nitrogens with zero attached hydrogens (tertiary/aromatic N) is 1. The number of nitrogens with one attached hydrogen (secondary N) is 2. The van der Waals surface area contributed by atoms with Crippen LogP contribution in [-0.4, -0.2) is 36.0 Å². The van der Waals surface area contributed by atoms with Gasteiger partial charge in [-0.2, -0.15) is 13.2 Å². The van der Waals surface area contributed by atoms with E-state index in [0.717, 1.165) is 17.0 Å². The number of ether oxygens (including phenoxy) is 1. The summed E-state index contributed by atoms with van der Waals surface area (Å²) < 4.78 is 44.6. The van der Waals surface area contributed by atoms with Gasteiger partial charge in [0.15, 0.2) is 0 Å². The molecule has 2 aromatic carbocycles. The first-order chi connectivity index (χ1) is 15.1. The van der Waals surface area contributed by atoms with E-state index >= 15 is 0 Å². The molecule has 2 heterocycles. The molecule has 0 spiro atoms. The first-order valence-electron chi connectivity index (χ1n) is 9.35. The van der Waals surface area contributed by atoms with Crippen LogP contribution in [0.3, 0.4) is 0 Å². The Bertz CT molecular complexity index is 1130. The van der Waals surface area contributed by atoms with Gasteiger partial charge in [-0.1, -0.05) is 35.9 Å². The maximum atomic E-state index is 13.2. The lowest BCUT2D eigenvalue weighted by Gasteiger charge is -2.32. The topological polar surface area (TPSA) is 87.7 Å². The predicted octanol–water partition coefficient (Wildman–Crippen LogP) is 3.87. The molecule has 2 aromatic rings. The Kier molecular flexibility index (Phi) is 5.55. The summed E-state index contributed by atoms with van der Waals surface area (Å²) in [7, 11) is 0. The van der Waals surface area contributed by atoms with Gasteiger partial charge in [-0.25, -0.2) is 9.59 Å². The molecule has 166 valence electrons. The number of hydrogen-bond donors (Lipinski definition) is 2. The Labute approximate surface area is 184 Å². The first-order valence-corrected chi connectivity index (χ1v) is 9.72. The molecule has 0 bridgehead atoms. The Morgan fingerprint density at radius 2 is 1.84 bits per heavy atom. The summed E-state index contributed by atoms with van der Waals surface area (Å²) >= 11 is 5.89. The van der Waals surface area contributed by atoms with Crippen molar-refractivity contribution >= 4 is 35.2 Å². The number of cyclic esters (lactones) is 1. The number of carbonyl (C=O) groups is 3. The Hall–Kier alpha value is -3.53. The second kappa shape index (κ2) is 8.19. The molecule has 2 aliphatic rings. The fraction of sp³-hybridized carbons (Fsp3) is 0.190. The zero-order valence-corrected chi connectivity index (χ0v) is 17.0. The van der Waals surface area contributed by atoms with Gasteiger partial charge in [0, 0.05) is 5.02 Å². The number of para-hydroxylation sites is 1. The van der Waals surface area contributed by atoms with E-state index < -0.39 is 47.9 Å². The van der Waals surface area contributed by atoms with Crippen molar-refractivity contribution in [2.24, 2.45) is 0 Å². The Morgan fingerprint density at radius 3 is 2.53 bits per heavy atom. The van der Waals surface area contributed by atoms with Crippen LogP contribution in [0.1, 0.15) is 17.2 Å². The molecule has 4 rings (SSSR count). The summed E-state index contributed by atoms with van der Waals surface area (Å²) in [5.74, 6) is -1.53. The average Bonchev–Trinajstić information content (AvgIpc) is 3.12. The third-order valence-corrected chi connectivity index (χ3v) is 5.26. The second-order valence-electron chi connectivity index (χ2n) is 7.05. The van der Waals surface area contributed by atoms with Crippen molar-refractivity contribution in [3.8, 4) is 0 Å². The van der Waals surface area contributed by atoms with Gasteiger partial charge in [0.1, 0.15) is 13.2 Å². The number of hydrogen-bond acceptors (Lipinski definition) is 4. The molecule has 32 heavy (non-hydrogen) atoms. The second-order valence-corrected chi connectivity index (χ2v) is 7.48. The number of halogens is 4. The van der Waals surface area contributed by atoms with E-state index in [2.05, 4.69) is 10.6 Å². The summed E-state index contributed by atoms with van der Waals surface area (Å²) in [6.07, 6.45) is -4.67. The van der Waals surface area contributed by atoms with Crippen LogP contribution in [0, 0.1) is 0 Å². The molecule has 1 atom stereocenters. The average molecular weight is 466 g/mol. The lowest BCUT2D eigenvalue weighted by atomic mass is 9.96. The summed E-state index contributed by atoms with van der Waals surface area (Å²) in [5, 5.41) is 5.28. The van der Waals surface area contributed by atoms with Crippen molar-refractivity contribution in [2.75, 3.05) is 18.5 Å². The third kappa shape index (κ3) is 4.13. The maximum absolute atomic E-state index is 13.2. The Balaban J connectivity index is 1.59. The summed E-state index contributed by atoms with van der Waals surface area (Å²) in [6.45, 7) is -0.848. The number of amides is 3. The minimum Gasteiger partial charge on any atom is -0.456 e. The fourth-order valence-electron chi connectivity index (χ4n) is 3.56. The van der Waals surface area contributed by atoms with Crippen molar-refractivity contribution in [2.45, 2.75) is 12.2 Å². The minimum absolute atomic E-state index is 0.149. The van der Waals surface area contributed by atoms with Crippen molar-refractivity contribution in [1.29, 1.82) is 0 Å². The highest BCUT2D eigenvalue weighted by molar-refractivity contribution is 6.30. The number of rotatable bonds is 4. The van der Waals surface area contributed by atoms with Crippen LogP contribution in [0.5, 0.6) is 0 Å². The SMILES string of the molecule is O=C(CN1C(=O)N[C@@H](c2ccc(Cl)cc2)C2=C1COC2=O)Nc1ccccc1C(F)(F)F. The largest absolute Gasteiger partial charge is 0.456 e. The zero-order chi connectivity index (χ0) is 23.0. The molecule has 0 radical (unpaired) electrons. The van der Waals surface area contributed by atoms with E-state index in [4.69, 9.17) is 16.3 Å². The predicted molar refractivity (Wildman–Crippen MR) is 107 cm³/mol. The smallest absolute Gasteiger partial charge is 0.418 e. The maximum Gasteiger partial charge on any atom is 0.418 e. The van der Waals surface area contributed by atoms with Crippen LogP contribution in [0.15, 0.2) is 59.8 Å². The molecule has 3 amide bonds. The third-order valence-electron chi connectivity index (χ3n) is 5.01. The quantitative estimate of drug-likeness (QED) is 0.671. The van der Waals surface area contributed by atoms with E-state index in [-0.39, 0.29) is 17.9 Å². The number of esters is 1. The highest BCUT2D eigenvalue weighted by atomic mass is 35.5. The van der Waals surface area contributed by atoms with Gasteiger partial charge in [0.05, 0.1) is 28.6 Å². The number of anilines is 1. The molecule has 11 heteroatoms. The molecule has 7 nitrogen and oxygen atoms in total. The molecular weight excluding hydrogens is 451 g/mol. The van der Waals surface area contributed by atoms with Crippen LogP contribution in [0.25, 0.3) is 0 Å². The number of urea groups is 1. The van der Waals surface area contributed by atoms with Crippen LogP contribution < -0.4 is 10.6 Å². The van der Waals surface area contributed by atoms with Crippen molar-refractivity contribution in [1.82, 2.24) is 10.2 Å². The number of carbonyl (C=O) groups excluding carboxylic acids is 3. The van der Waals surface area contributed by atoms with Gasteiger partial charge in [-0.05, 0) is 29.8 Å².